The van der Waals surface area contributed by atoms with Gasteiger partial charge in [-0.1, -0.05) is 6.07 Å². The summed E-state index contributed by atoms with van der Waals surface area (Å²) in [7, 11) is -3.76. The molecule has 106 valence electrons. The number of benzene rings is 2. The quantitative estimate of drug-likeness (QED) is 0.853. The van der Waals surface area contributed by atoms with Crippen molar-refractivity contribution in [2.45, 2.75) is 10.6 Å². The van der Waals surface area contributed by atoms with Crippen molar-refractivity contribution in [2.24, 2.45) is 0 Å². The lowest BCUT2D eigenvalue weighted by atomic mass is 10.2. The van der Waals surface area contributed by atoms with Crippen molar-refractivity contribution in [1.82, 2.24) is 0 Å². The summed E-state index contributed by atoms with van der Waals surface area (Å²) in [6.45, 7) is 0. The molecule has 0 heterocycles. The van der Waals surface area contributed by atoms with Crippen LogP contribution in [0.4, 0.5) is 14.5 Å². The first kappa shape index (κ1) is 14.9. The van der Waals surface area contributed by atoms with Gasteiger partial charge < -0.3 is 5.73 Å². The summed E-state index contributed by atoms with van der Waals surface area (Å²) in [4.78, 5) is 0.00965. The summed E-state index contributed by atoms with van der Waals surface area (Å²) in [6, 6.07) is 7.03. The Bertz CT molecular complexity index is 763. The van der Waals surface area contributed by atoms with E-state index in [1.165, 1.54) is 18.2 Å². The van der Waals surface area contributed by atoms with Crippen molar-refractivity contribution >= 4 is 31.5 Å². The number of anilines is 1. The van der Waals surface area contributed by atoms with E-state index < -0.39 is 27.2 Å². The molecule has 2 aromatic carbocycles. The van der Waals surface area contributed by atoms with E-state index in [9.17, 15) is 17.2 Å². The molecule has 0 aliphatic rings. The minimum Gasteiger partial charge on any atom is -0.399 e. The number of sulfone groups is 1. The van der Waals surface area contributed by atoms with Crippen LogP contribution in [0.2, 0.25) is 0 Å². The van der Waals surface area contributed by atoms with E-state index in [4.69, 9.17) is 5.73 Å². The molecule has 3 nitrogen and oxygen atoms in total. The molecular formula is C13H10BrF2NO2S. The van der Waals surface area contributed by atoms with Gasteiger partial charge in [-0.3, -0.25) is 0 Å². The molecule has 0 spiro atoms. The summed E-state index contributed by atoms with van der Waals surface area (Å²) in [5.74, 6) is -2.20. The third-order valence-corrected chi connectivity index (χ3v) is 5.29. The van der Waals surface area contributed by atoms with Crippen molar-refractivity contribution in [3.05, 3.63) is 58.1 Å². The van der Waals surface area contributed by atoms with Crippen molar-refractivity contribution < 1.29 is 17.2 Å². The highest BCUT2D eigenvalue weighted by Gasteiger charge is 2.20. The van der Waals surface area contributed by atoms with Gasteiger partial charge in [0.15, 0.2) is 9.84 Å². The predicted molar refractivity (Wildman–Crippen MR) is 75.8 cm³/mol. The van der Waals surface area contributed by atoms with E-state index >= 15 is 0 Å². The van der Waals surface area contributed by atoms with E-state index in [1.54, 1.807) is 0 Å². The molecule has 2 N–H and O–H groups in total. The van der Waals surface area contributed by atoms with Crippen molar-refractivity contribution in [3.63, 3.8) is 0 Å². The molecule has 0 atom stereocenters. The van der Waals surface area contributed by atoms with Gasteiger partial charge in [0, 0.05) is 21.8 Å². The van der Waals surface area contributed by atoms with Gasteiger partial charge in [0.2, 0.25) is 0 Å². The second-order valence-electron chi connectivity index (χ2n) is 4.18. The second-order valence-corrected chi connectivity index (χ2v) is 7.00. The van der Waals surface area contributed by atoms with Gasteiger partial charge in [-0.2, -0.15) is 0 Å². The molecule has 0 radical (unpaired) electrons. The standard InChI is InChI=1S/C13H10BrF2NO2S/c14-11-6-10(17)3-4-13(11)20(18,19)7-8-1-2-9(15)5-12(8)16/h1-6H,7,17H2. The highest BCUT2D eigenvalue weighted by molar-refractivity contribution is 9.10. The van der Waals surface area contributed by atoms with Crippen LogP contribution in [0.5, 0.6) is 0 Å². The van der Waals surface area contributed by atoms with Crippen LogP contribution in [0.15, 0.2) is 45.8 Å². The van der Waals surface area contributed by atoms with Gasteiger partial charge in [0.05, 0.1) is 10.6 Å². The van der Waals surface area contributed by atoms with Gasteiger partial charge in [0.25, 0.3) is 0 Å². The topological polar surface area (TPSA) is 60.2 Å². The zero-order valence-corrected chi connectivity index (χ0v) is 12.5. The monoisotopic (exact) mass is 361 g/mol. The van der Waals surface area contributed by atoms with Crippen LogP contribution in [0.3, 0.4) is 0 Å². The molecule has 0 fully saturated rings. The maximum Gasteiger partial charge on any atom is 0.183 e. The Morgan fingerprint density at radius 3 is 2.40 bits per heavy atom. The van der Waals surface area contributed by atoms with Crippen molar-refractivity contribution in [3.8, 4) is 0 Å². The first-order valence-corrected chi connectivity index (χ1v) is 7.96. The molecule has 0 amide bonds. The summed E-state index contributed by atoms with van der Waals surface area (Å²) in [6.07, 6.45) is 0. The van der Waals surface area contributed by atoms with Crippen LogP contribution in [0, 0.1) is 11.6 Å². The fourth-order valence-corrected chi connectivity index (χ4v) is 4.26. The van der Waals surface area contributed by atoms with Crippen LogP contribution >= 0.6 is 15.9 Å². The second kappa shape index (κ2) is 5.49. The van der Waals surface area contributed by atoms with Crippen molar-refractivity contribution in [2.75, 3.05) is 5.73 Å². The normalized spacial score (nSPS) is 11.6. The van der Waals surface area contributed by atoms with Gasteiger partial charge in [-0.15, -0.1) is 0 Å². The Kier molecular flexibility index (Phi) is 4.10. The molecule has 0 saturated heterocycles. The number of hydrogen-bond donors (Lipinski definition) is 1. The van der Waals surface area contributed by atoms with E-state index in [1.807, 2.05) is 0 Å². The summed E-state index contributed by atoms with van der Waals surface area (Å²) in [5, 5.41) is 0. The number of rotatable bonds is 3. The lowest BCUT2D eigenvalue weighted by molar-refractivity contribution is 0.569. The minimum atomic E-state index is -3.76. The molecule has 0 unspecified atom stereocenters. The van der Waals surface area contributed by atoms with Crippen LogP contribution in [-0.4, -0.2) is 8.42 Å². The van der Waals surface area contributed by atoms with Gasteiger partial charge in [-0.25, -0.2) is 17.2 Å². The Balaban J connectivity index is 2.41. The molecule has 0 bridgehead atoms. The zero-order chi connectivity index (χ0) is 14.9. The Morgan fingerprint density at radius 1 is 1.10 bits per heavy atom. The van der Waals surface area contributed by atoms with Crippen molar-refractivity contribution in [1.29, 1.82) is 0 Å². The average molecular weight is 362 g/mol. The molecule has 2 rings (SSSR count). The first-order valence-electron chi connectivity index (χ1n) is 5.51. The van der Waals surface area contributed by atoms with Crippen LogP contribution < -0.4 is 5.73 Å². The lowest BCUT2D eigenvalue weighted by Crippen LogP contribution is -2.08. The number of hydrogen-bond acceptors (Lipinski definition) is 3. The molecule has 2 aromatic rings. The Hall–Kier alpha value is -1.47. The highest BCUT2D eigenvalue weighted by Crippen LogP contribution is 2.27. The molecular weight excluding hydrogens is 352 g/mol. The molecule has 0 aromatic heterocycles. The molecule has 0 aliphatic carbocycles. The van der Waals surface area contributed by atoms with Crippen LogP contribution in [-0.2, 0) is 15.6 Å². The van der Waals surface area contributed by atoms with Gasteiger partial charge >= 0.3 is 0 Å². The SMILES string of the molecule is Nc1ccc(S(=O)(=O)Cc2ccc(F)cc2F)c(Br)c1. The third kappa shape index (κ3) is 3.16. The number of nitrogen functional groups attached to an aromatic ring is 1. The van der Waals surface area contributed by atoms with Gasteiger partial charge in [-0.05, 0) is 40.2 Å². The summed E-state index contributed by atoms with van der Waals surface area (Å²) >= 11 is 3.11. The van der Waals surface area contributed by atoms with Crippen LogP contribution in [0.25, 0.3) is 0 Å². The first-order chi connectivity index (χ1) is 9.29. The fourth-order valence-electron chi connectivity index (χ4n) is 1.69. The third-order valence-electron chi connectivity index (χ3n) is 2.65. The van der Waals surface area contributed by atoms with E-state index in [0.29, 0.717) is 16.2 Å². The van der Waals surface area contributed by atoms with Gasteiger partial charge in [0.1, 0.15) is 11.6 Å². The Morgan fingerprint density at radius 2 is 1.80 bits per heavy atom. The summed E-state index contributed by atoms with van der Waals surface area (Å²) in [5.41, 5.74) is 5.86. The predicted octanol–water partition coefficient (Wildman–Crippen LogP) is 3.28. The highest BCUT2D eigenvalue weighted by atomic mass is 79.9. The largest absolute Gasteiger partial charge is 0.399 e. The molecule has 20 heavy (non-hydrogen) atoms. The van der Waals surface area contributed by atoms with E-state index in [2.05, 4.69) is 15.9 Å². The lowest BCUT2D eigenvalue weighted by Gasteiger charge is -2.08. The summed E-state index contributed by atoms with van der Waals surface area (Å²) < 4.78 is 51.1. The average Bonchev–Trinajstić information content (AvgIpc) is 2.32. The minimum absolute atomic E-state index is 0.00965. The number of halogens is 3. The maximum absolute atomic E-state index is 13.5. The Labute approximate surface area is 123 Å². The molecule has 7 heteroatoms. The van der Waals surface area contributed by atoms with Crippen LogP contribution in [0.1, 0.15) is 5.56 Å². The smallest absolute Gasteiger partial charge is 0.183 e. The molecule has 0 saturated carbocycles. The van der Waals surface area contributed by atoms with E-state index in [-0.39, 0.29) is 10.5 Å². The maximum atomic E-state index is 13.5. The fraction of sp³-hybridized carbons (Fsp3) is 0.0769. The number of nitrogens with two attached hydrogens (primary N) is 1. The zero-order valence-electron chi connectivity index (χ0n) is 10.1. The van der Waals surface area contributed by atoms with E-state index in [0.717, 1.165) is 12.1 Å². The molecule has 0 aliphatic heterocycles.